The third-order valence-corrected chi connectivity index (χ3v) is 5.15. The van der Waals surface area contributed by atoms with Crippen molar-refractivity contribution in [3.05, 3.63) is 30.1 Å². The van der Waals surface area contributed by atoms with Crippen molar-refractivity contribution >= 4 is 11.8 Å². The number of rotatable bonds is 3. The summed E-state index contributed by atoms with van der Waals surface area (Å²) >= 11 is 0. The molecule has 0 aliphatic carbocycles. The van der Waals surface area contributed by atoms with Crippen molar-refractivity contribution < 1.29 is 9.59 Å². The number of likely N-dealkylation sites (tertiary alicyclic amines) is 2. The Hall–Kier alpha value is -1.91. The summed E-state index contributed by atoms with van der Waals surface area (Å²) in [7, 11) is 1.79. The van der Waals surface area contributed by atoms with Crippen LogP contribution in [0.15, 0.2) is 24.5 Å². The van der Waals surface area contributed by atoms with Crippen molar-refractivity contribution in [2.75, 3.05) is 26.7 Å². The Morgan fingerprint density at radius 3 is 2.74 bits per heavy atom. The van der Waals surface area contributed by atoms with E-state index in [4.69, 9.17) is 0 Å². The Balaban J connectivity index is 1.49. The predicted octanol–water partition coefficient (Wildman–Crippen LogP) is 1.73. The number of nitrogens with zero attached hydrogens (tertiary/aromatic N) is 3. The fourth-order valence-corrected chi connectivity index (χ4v) is 3.68. The van der Waals surface area contributed by atoms with Crippen LogP contribution in [0.3, 0.4) is 0 Å². The molecule has 2 fully saturated rings. The quantitative estimate of drug-likeness (QED) is 0.853. The Kier molecular flexibility index (Phi) is 4.94. The van der Waals surface area contributed by atoms with Gasteiger partial charge in [0, 0.05) is 45.5 Å². The van der Waals surface area contributed by atoms with E-state index in [-0.39, 0.29) is 17.7 Å². The van der Waals surface area contributed by atoms with Crippen LogP contribution >= 0.6 is 0 Å². The van der Waals surface area contributed by atoms with Gasteiger partial charge in [0.1, 0.15) is 0 Å². The van der Waals surface area contributed by atoms with Crippen molar-refractivity contribution in [2.24, 2.45) is 11.8 Å². The van der Waals surface area contributed by atoms with Gasteiger partial charge in [0.25, 0.3) is 0 Å². The van der Waals surface area contributed by atoms with Gasteiger partial charge in [-0.25, -0.2) is 0 Å². The number of hydrogen-bond donors (Lipinski definition) is 0. The highest BCUT2D eigenvalue weighted by Crippen LogP contribution is 2.25. The van der Waals surface area contributed by atoms with Crippen molar-refractivity contribution in [2.45, 2.75) is 32.1 Å². The van der Waals surface area contributed by atoms with E-state index in [9.17, 15) is 9.59 Å². The topological polar surface area (TPSA) is 53.5 Å². The first-order valence-electron chi connectivity index (χ1n) is 8.55. The number of carbonyl (C=O) groups is 2. The molecule has 3 heterocycles. The number of pyridine rings is 1. The molecule has 2 aliphatic heterocycles. The highest BCUT2D eigenvalue weighted by molar-refractivity contribution is 5.83. The lowest BCUT2D eigenvalue weighted by molar-refractivity contribution is -0.143. The summed E-state index contributed by atoms with van der Waals surface area (Å²) in [5.74, 6) is 1.03. The van der Waals surface area contributed by atoms with Gasteiger partial charge in [0.05, 0.1) is 5.92 Å². The Bertz CT molecular complexity index is 553. The van der Waals surface area contributed by atoms with E-state index < -0.39 is 0 Å². The zero-order valence-corrected chi connectivity index (χ0v) is 13.8. The first-order valence-corrected chi connectivity index (χ1v) is 8.55. The lowest BCUT2D eigenvalue weighted by atomic mass is 9.89. The monoisotopic (exact) mass is 315 g/mol. The Morgan fingerprint density at radius 2 is 2.09 bits per heavy atom. The second kappa shape index (κ2) is 7.11. The predicted molar refractivity (Wildman–Crippen MR) is 87.6 cm³/mol. The molecule has 0 N–H and O–H groups in total. The molecule has 2 amide bonds. The van der Waals surface area contributed by atoms with E-state index in [0.717, 1.165) is 32.4 Å². The second-order valence-corrected chi connectivity index (χ2v) is 6.84. The standard InChI is InChI=1S/C18H25N3O2/c1-20-13-16(4-5-17(20)22)18(23)21-9-6-14(7-10-21)11-15-3-2-8-19-12-15/h2-3,8,12,14,16H,4-7,9-11,13H2,1H3/t16-/m1/s1. The molecule has 0 unspecified atom stereocenters. The molecule has 3 rings (SSSR count). The second-order valence-electron chi connectivity index (χ2n) is 6.84. The molecule has 2 saturated heterocycles. The molecule has 1 aromatic rings. The summed E-state index contributed by atoms with van der Waals surface area (Å²) in [6.45, 7) is 2.27. The molecule has 5 heteroatoms. The van der Waals surface area contributed by atoms with Gasteiger partial charge in [0.15, 0.2) is 0 Å². The average molecular weight is 315 g/mol. The van der Waals surface area contributed by atoms with Gasteiger partial charge in [-0.05, 0) is 43.2 Å². The van der Waals surface area contributed by atoms with Gasteiger partial charge < -0.3 is 9.80 Å². The van der Waals surface area contributed by atoms with Gasteiger partial charge in [0.2, 0.25) is 11.8 Å². The number of piperidine rings is 2. The van der Waals surface area contributed by atoms with Crippen LogP contribution in [0.1, 0.15) is 31.2 Å². The first kappa shape index (κ1) is 16.0. The largest absolute Gasteiger partial charge is 0.345 e. The first-order chi connectivity index (χ1) is 11.1. The minimum Gasteiger partial charge on any atom is -0.345 e. The average Bonchev–Trinajstić information content (AvgIpc) is 2.58. The van der Waals surface area contributed by atoms with E-state index in [0.29, 0.717) is 25.3 Å². The number of amides is 2. The van der Waals surface area contributed by atoms with Crippen LogP contribution in [-0.2, 0) is 16.0 Å². The van der Waals surface area contributed by atoms with Crippen LogP contribution in [0.25, 0.3) is 0 Å². The number of carbonyl (C=O) groups excluding carboxylic acids is 2. The lowest BCUT2D eigenvalue weighted by Crippen LogP contribution is -2.47. The lowest BCUT2D eigenvalue weighted by Gasteiger charge is -2.36. The summed E-state index contributed by atoms with van der Waals surface area (Å²) < 4.78 is 0. The van der Waals surface area contributed by atoms with E-state index in [1.165, 1.54) is 5.56 Å². The maximum absolute atomic E-state index is 12.6. The van der Waals surface area contributed by atoms with Crippen LogP contribution in [0.4, 0.5) is 0 Å². The fraction of sp³-hybridized carbons (Fsp3) is 0.611. The van der Waals surface area contributed by atoms with Crippen molar-refractivity contribution in [3.63, 3.8) is 0 Å². The normalized spacial score (nSPS) is 23.2. The van der Waals surface area contributed by atoms with Crippen LogP contribution < -0.4 is 0 Å². The molecule has 1 aromatic heterocycles. The van der Waals surface area contributed by atoms with Gasteiger partial charge in [-0.15, -0.1) is 0 Å². The van der Waals surface area contributed by atoms with Crippen LogP contribution in [0.5, 0.6) is 0 Å². The van der Waals surface area contributed by atoms with Gasteiger partial charge in [-0.1, -0.05) is 6.07 Å². The molecule has 2 aliphatic rings. The Labute approximate surface area is 137 Å². The van der Waals surface area contributed by atoms with Gasteiger partial charge in [-0.3, -0.25) is 14.6 Å². The summed E-state index contributed by atoms with van der Waals surface area (Å²) in [4.78, 5) is 32.1. The van der Waals surface area contributed by atoms with E-state index in [1.807, 2.05) is 17.2 Å². The molecule has 1 atom stereocenters. The SMILES string of the molecule is CN1C[C@H](C(=O)N2CCC(Cc3cccnc3)CC2)CCC1=O. The number of hydrogen-bond acceptors (Lipinski definition) is 3. The van der Waals surface area contributed by atoms with Crippen LogP contribution in [0, 0.1) is 11.8 Å². The fourth-order valence-electron chi connectivity index (χ4n) is 3.68. The molecule has 0 aromatic carbocycles. The molecular weight excluding hydrogens is 290 g/mol. The summed E-state index contributed by atoms with van der Waals surface area (Å²) in [5.41, 5.74) is 1.28. The van der Waals surface area contributed by atoms with E-state index in [2.05, 4.69) is 11.1 Å². The van der Waals surface area contributed by atoms with Crippen molar-refractivity contribution in [3.8, 4) is 0 Å². The zero-order chi connectivity index (χ0) is 16.2. The highest BCUT2D eigenvalue weighted by atomic mass is 16.2. The molecule has 0 bridgehead atoms. The third kappa shape index (κ3) is 3.89. The maximum atomic E-state index is 12.6. The molecule has 0 spiro atoms. The molecule has 23 heavy (non-hydrogen) atoms. The summed E-state index contributed by atoms with van der Waals surface area (Å²) in [6.07, 6.45) is 8.12. The van der Waals surface area contributed by atoms with Gasteiger partial charge >= 0.3 is 0 Å². The summed E-state index contributed by atoms with van der Waals surface area (Å²) in [5, 5.41) is 0. The van der Waals surface area contributed by atoms with E-state index in [1.54, 1.807) is 18.1 Å². The zero-order valence-electron chi connectivity index (χ0n) is 13.8. The molecule has 124 valence electrons. The van der Waals surface area contributed by atoms with Crippen molar-refractivity contribution in [1.82, 2.24) is 14.8 Å². The molecule has 5 nitrogen and oxygen atoms in total. The maximum Gasteiger partial charge on any atom is 0.227 e. The minimum absolute atomic E-state index is 0.00688. The van der Waals surface area contributed by atoms with Gasteiger partial charge in [-0.2, -0.15) is 0 Å². The van der Waals surface area contributed by atoms with Crippen LogP contribution in [-0.4, -0.2) is 53.3 Å². The van der Waals surface area contributed by atoms with Crippen molar-refractivity contribution in [1.29, 1.82) is 0 Å². The molecule has 0 radical (unpaired) electrons. The number of aromatic nitrogens is 1. The summed E-state index contributed by atoms with van der Waals surface area (Å²) in [6, 6.07) is 4.11. The minimum atomic E-state index is -0.00688. The molecule has 0 saturated carbocycles. The molecular formula is C18H25N3O2. The Morgan fingerprint density at radius 1 is 1.30 bits per heavy atom. The van der Waals surface area contributed by atoms with Crippen LogP contribution in [0.2, 0.25) is 0 Å². The smallest absolute Gasteiger partial charge is 0.227 e. The third-order valence-electron chi connectivity index (χ3n) is 5.15. The highest BCUT2D eigenvalue weighted by Gasteiger charge is 2.32. The van der Waals surface area contributed by atoms with E-state index >= 15 is 0 Å².